The summed E-state index contributed by atoms with van der Waals surface area (Å²) < 4.78 is 1.47. The van der Waals surface area contributed by atoms with Gasteiger partial charge in [0, 0.05) is 12.6 Å². The SMILES string of the molecule is CCCCC(=O)Nc1c(C)nc2c(C)cccn2c1=O. The van der Waals surface area contributed by atoms with Gasteiger partial charge in [0.1, 0.15) is 11.3 Å². The topological polar surface area (TPSA) is 63.5 Å². The van der Waals surface area contributed by atoms with Gasteiger partial charge in [0.25, 0.3) is 5.56 Å². The van der Waals surface area contributed by atoms with E-state index < -0.39 is 0 Å². The standard InChI is InChI=1S/C15H19N3O2/c1-4-5-8-12(19)17-13-11(3)16-14-10(2)7-6-9-18(14)15(13)20/h6-7,9H,4-5,8H2,1-3H3,(H,17,19). The van der Waals surface area contributed by atoms with Gasteiger partial charge in [-0.05, 0) is 31.9 Å². The number of hydrogen-bond acceptors (Lipinski definition) is 3. The highest BCUT2D eigenvalue weighted by atomic mass is 16.2. The molecule has 2 aromatic heterocycles. The Morgan fingerprint density at radius 3 is 2.85 bits per heavy atom. The van der Waals surface area contributed by atoms with E-state index in [0.29, 0.717) is 17.8 Å². The van der Waals surface area contributed by atoms with E-state index in [0.717, 1.165) is 18.4 Å². The fourth-order valence-electron chi connectivity index (χ4n) is 2.09. The number of aryl methyl sites for hydroxylation is 2. The van der Waals surface area contributed by atoms with Crippen molar-refractivity contribution in [2.45, 2.75) is 40.0 Å². The Morgan fingerprint density at radius 2 is 2.15 bits per heavy atom. The molecule has 0 unspecified atom stereocenters. The van der Waals surface area contributed by atoms with Crippen LogP contribution in [0.25, 0.3) is 5.65 Å². The van der Waals surface area contributed by atoms with E-state index in [1.54, 1.807) is 19.2 Å². The molecule has 0 saturated heterocycles. The van der Waals surface area contributed by atoms with Gasteiger partial charge in [-0.3, -0.25) is 14.0 Å². The maximum Gasteiger partial charge on any atom is 0.281 e. The maximum atomic E-state index is 12.4. The van der Waals surface area contributed by atoms with Gasteiger partial charge >= 0.3 is 0 Å². The molecule has 1 N–H and O–H groups in total. The summed E-state index contributed by atoms with van der Waals surface area (Å²) in [6.07, 6.45) is 3.84. The minimum atomic E-state index is -0.235. The normalized spacial score (nSPS) is 10.8. The molecule has 5 heteroatoms. The van der Waals surface area contributed by atoms with Crippen LogP contribution in [-0.4, -0.2) is 15.3 Å². The van der Waals surface area contributed by atoms with E-state index in [2.05, 4.69) is 10.3 Å². The highest BCUT2D eigenvalue weighted by molar-refractivity contribution is 5.91. The molecule has 2 rings (SSSR count). The lowest BCUT2D eigenvalue weighted by atomic mass is 10.2. The van der Waals surface area contributed by atoms with Crippen LogP contribution < -0.4 is 10.9 Å². The van der Waals surface area contributed by atoms with Crippen LogP contribution in [0.3, 0.4) is 0 Å². The Balaban J connectivity index is 2.45. The molecule has 0 aromatic carbocycles. The number of hydrogen-bond donors (Lipinski definition) is 1. The minimum absolute atomic E-state index is 0.138. The third-order valence-electron chi connectivity index (χ3n) is 3.25. The van der Waals surface area contributed by atoms with Crippen molar-refractivity contribution in [2.75, 3.05) is 5.32 Å². The fraction of sp³-hybridized carbons (Fsp3) is 0.400. The van der Waals surface area contributed by atoms with Crippen LogP contribution in [0.5, 0.6) is 0 Å². The average molecular weight is 273 g/mol. The number of unbranched alkanes of at least 4 members (excludes halogenated alkanes) is 1. The van der Waals surface area contributed by atoms with E-state index in [9.17, 15) is 9.59 Å². The van der Waals surface area contributed by atoms with Gasteiger partial charge in [-0.15, -0.1) is 0 Å². The van der Waals surface area contributed by atoms with Gasteiger partial charge in [-0.2, -0.15) is 0 Å². The molecule has 0 saturated carbocycles. The summed E-state index contributed by atoms with van der Waals surface area (Å²) in [4.78, 5) is 28.6. The molecular weight excluding hydrogens is 254 g/mol. The number of carbonyl (C=O) groups is 1. The summed E-state index contributed by atoms with van der Waals surface area (Å²) in [5.74, 6) is -0.138. The summed E-state index contributed by atoms with van der Waals surface area (Å²) in [6.45, 7) is 5.66. The molecule has 0 aliphatic rings. The van der Waals surface area contributed by atoms with E-state index in [4.69, 9.17) is 0 Å². The smallest absolute Gasteiger partial charge is 0.281 e. The van der Waals surface area contributed by atoms with Gasteiger partial charge in [0.15, 0.2) is 0 Å². The molecule has 0 spiro atoms. The zero-order chi connectivity index (χ0) is 14.7. The van der Waals surface area contributed by atoms with E-state index in [1.165, 1.54) is 4.40 Å². The zero-order valence-corrected chi connectivity index (χ0v) is 12.1. The number of fused-ring (bicyclic) bond motifs is 1. The maximum absolute atomic E-state index is 12.4. The second-order valence-corrected chi connectivity index (χ2v) is 4.91. The number of nitrogens with one attached hydrogen (secondary N) is 1. The Hall–Kier alpha value is -2.17. The molecule has 2 aromatic rings. The summed E-state index contributed by atoms with van der Waals surface area (Å²) >= 11 is 0. The van der Waals surface area contributed by atoms with Crippen LogP contribution in [0.4, 0.5) is 5.69 Å². The first-order valence-electron chi connectivity index (χ1n) is 6.83. The van der Waals surface area contributed by atoms with Crippen LogP contribution >= 0.6 is 0 Å². The first kappa shape index (κ1) is 14.2. The lowest BCUT2D eigenvalue weighted by molar-refractivity contribution is -0.116. The van der Waals surface area contributed by atoms with Crippen molar-refractivity contribution in [2.24, 2.45) is 0 Å². The molecule has 2 heterocycles. The van der Waals surface area contributed by atoms with Crippen molar-refractivity contribution in [1.82, 2.24) is 9.38 Å². The van der Waals surface area contributed by atoms with Gasteiger partial charge in [-0.1, -0.05) is 19.4 Å². The van der Waals surface area contributed by atoms with E-state index in [-0.39, 0.29) is 17.2 Å². The number of anilines is 1. The highest BCUT2D eigenvalue weighted by Gasteiger charge is 2.13. The number of pyridine rings is 1. The van der Waals surface area contributed by atoms with Crippen LogP contribution in [0.15, 0.2) is 23.1 Å². The Labute approximate surface area is 117 Å². The largest absolute Gasteiger partial charge is 0.320 e. The first-order chi connectivity index (χ1) is 9.54. The van der Waals surface area contributed by atoms with Crippen molar-refractivity contribution in [1.29, 1.82) is 0 Å². The number of carbonyl (C=O) groups excluding carboxylic acids is 1. The van der Waals surface area contributed by atoms with Crippen LogP contribution in [0, 0.1) is 13.8 Å². The molecule has 0 aliphatic carbocycles. The number of amides is 1. The quantitative estimate of drug-likeness (QED) is 0.930. The van der Waals surface area contributed by atoms with Crippen molar-refractivity contribution >= 4 is 17.2 Å². The molecule has 0 fully saturated rings. The van der Waals surface area contributed by atoms with Gasteiger partial charge in [0.2, 0.25) is 5.91 Å². The monoisotopic (exact) mass is 273 g/mol. The predicted octanol–water partition coefficient (Wildman–Crippen LogP) is 2.44. The Kier molecular flexibility index (Phi) is 4.17. The van der Waals surface area contributed by atoms with Crippen molar-refractivity contribution < 1.29 is 4.79 Å². The molecule has 20 heavy (non-hydrogen) atoms. The lowest BCUT2D eigenvalue weighted by Gasteiger charge is -2.10. The third-order valence-corrected chi connectivity index (χ3v) is 3.25. The van der Waals surface area contributed by atoms with Crippen molar-refractivity contribution in [3.63, 3.8) is 0 Å². The molecule has 1 amide bonds. The van der Waals surface area contributed by atoms with E-state index in [1.807, 2.05) is 19.9 Å². The molecular formula is C15H19N3O2. The average Bonchev–Trinajstić information content (AvgIpc) is 2.42. The summed E-state index contributed by atoms with van der Waals surface area (Å²) in [5.41, 5.74) is 2.14. The molecule has 0 bridgehead atoms. The predicted molar refractivity (Wildman–Crippen MR) is 79.1 cm³/mol. The van der Waals surface area contributed by atoms with Gasteiger partial charge in [0.05, 0.1) is 5.69 Å². The summed E-state index contributed by atoms with van der Waals surface area (Å²) in [6, 6.07) is 3.70. The highest BCUT2D eigenvalue weighted by Crippen LogP contribution is 2.12. The van der Waals surface area contributed by atoms with Gasteiger partial charge < -0.3 is 5.32 Å². The number of rotatable bonds is 4. The van der Waals surface area contributed by atoms with Crippen molar-refractivity contribution in [3.8, 4) is 0 Å². The Bertz CT molecular complexity index is 704. The number of nitrogens with zero attached hydrogens (tertiary/aromatic N) is 2. The third kappa shape index (κ3) is 2.71. The van der Waals surface area contributed by atoms with Crippen LogP contribution in [-0.2, 0) is 4.79 Å². The fourth-order valence-corrected chi connectivity index (χ4v) is 2.09. The van der Waals surface area contributed by atoms with Gasteiger partial charge in [-0.25, -0.2) is 4.98 Å². The van der Waals surface area contributed by atoms with E-state index >= 15 is 0 Å². The lowest BCUT2D eigenvalue weighted by Crippen LogP contribution is -2.25. The molecule has 5 nitrogen and oxygen atoms in total. The Morgan fingerprint density at radius 1 is 1.40 bits per heavy atom. The number of aromatic nitrogens is 2. The van der Waals surface area contributed by atoms with Crippen molar-refractivity contribution in [3.05, 3.63) is 39.9 Å². The zero-order valence-electron chi connectivity index (χ0n) is 12.1. The van der Waals surface area contributed by atoms with Crippen LogP contribution in [0.1, 0.15) is 37.4 Å². The minimum Gasteiger partial charge on any atom is -0.320 e. The first-order valence-corrected chi connectivity index (χ1v) is 6.83. The van der Waals surface area contributed by atoms with Crippen LogP contribution in [0.2, 0.25) is 0 Å². The molecule has 0 aliphatic heterocycles. The summed E-state index contributed by atoms with van der Waals surface area (Å²) in [5, 5.41) is 2.69. The second kappa shape index (κ2) is 5.86. The molecule has 0 atom stereocenters. The second-order valence-electron chi connectivity index (χ2n) is 4.91. The molecule has 0 radical (unpaired) electrons. The molecule has 106 valence electrons. The summed E-state index contributed by atoms with van der Waals surface area (Å²) in [7, 11) is 0.